The molecular formula is C20H22FIN4O2. The van der Waals surface area contributed by atoms with E-state index < -0.39 is 11.4 Å². The lowest BCUT2D eigenvalue weighted by atomic mass is 9.81. The number of rotatable bonds is 4. The number of amides is 1. The van der Waals surface area contributed by atoms with Gasteiger partial charge in [0.2, 0.25) is 0 Å². The third-order valence-electron chi connectivity index (χ3n) is 5.43. The molecule has 1 aromatic heterocycles. The number of carbonyl (C=O) groups excluding carboxylic acids is 1. The quantitative estimate of drug-likeness (QED) is 0.568. The molecule has 2 aliphatic heterocycles. The number of aliphatic hydroxyl groups is 1. The summed E-state index contributed by atoms with van der Waals surface area (Å²) in [6.07, 6.45) is 6.19. The van der Waals surface area contributed by atoms with E-state index in [9.17, 15) is 14.3 Å². The second kappa shape index (κ2) is 7.92. The first-order valence-electron chi connectivity index (χ1n) is 9.37. The summed E-state index contributed by atoms with van der Waals surface area (Å²) >= 11 is 2.04. The van der Waals surface area contributed by atoms with Crippen LogP contribution in [0.1, 0.15) is 29.6 Å². The van der Waals surface area contributed by atoms with Crippen molar-refractivity contribution in [2.75, 3.05) is 25.0 Å². The van der Waals surface area contributed by atoms with Gasteiger partial charge in [-0.3, -0.25) is 9.78 Å². The molecule has 0 bridgehead atoms. The van der Waals surface area contributed by atoms with Gasteiger partial charge in [0.1, 0.15) is 11.4 Å². The topological polar surface area (TPSA) is 77.5 Å². The minimum atomic E-state index is -0.876. The Balaban J connectivity index is 1.48. The molecule has 2 saturated heterocycles. The summed E-state index contributed by atoms with van der Waals surface area (Å²) < 4.78 is 15.0. The van der Waals surface area contributed by atoms with Crippen LogP contribution in [0.2, 0.25) is 0 Å². The van der Waals surface area contributed by atoms with Crippen molar-refractivity contribution in [1.82, 2.24) is 15.2 Å². The van der Waals surface area contributed by atoms with Crippen molar-refractivity contribution in [3.63, 3.8) is 0 Å². The highest BCUT2D eigenvalue weighted by Crippen LogP contribution is 2.32. The summed E-state index contributed by atoms with van der Waals surface area (Å²) in [6.45, 7) is 1.49. The normalized spacial score (nSPS) is 21.1. The summed E-state index contributed by atoms with van der Waals surface area (Å²) in [6, 6.07) is 6.49. The van der Waals surface area contributed by atoms with Gasteiger partial charge in [-0.05, 0) is 66.2 Å². The van der Waals surface area contributed by atoms with Gasteiger partial charge in [0.15, 0.2) is 0 Å². The summed E-state index contributed by atoms with van der Waals surface area (Å²) in [5, 5.41) is 17.2. The van der Waals surface area contributed by atoms with Crippen molar-refractivity contribution in [2.45, 2.75) is 30.9 Å². The van der Waals surface area contributed by atoms with Crippen LogP contribution in [0.25, 0.3) is 0 Å². The first-order valence-corrected chi connectivity index (χ1v) is 10.5. The van der Waals surface area contributed by atoms with Gasteiger partial charge in [0.25, 0.3) is 5.91 Å². The van der Waals surface area contributed by atoms with Crippen molar-refractivity contribution < 1.29 is 14.3 Å². The average molecular weight is 496 g/mol. The number of halogens is 2. The highest BCUT2D eigenvalue weighted by molar-refractivity contribution is 14.1. The van der Waals surface area contributed by atoms with E-state index in [1.54, 1.807) is 23.1 Å². The van der Waals surface area contributed by atoms with E-state index in [0.717, 1.165) is 29.4 Å². The van der Waals surface area contributed by atoms with Crippen molar-refractivity contribution in [1.29, 1.82) is 0 Å². The fraction of sp³-hybridized carbons (Fsp3) is 0.400. The predicted octanol–water partition coefficient (Wildman–Crippen LogP) is 2.90. The molecule has 2 aromatic rings. The molecule has 0 saturated carbocycles. The third-order valence-corrected chi connectivity index (χ3v) is 6.10. The molecular weight excluding hydrogens is 474 g/mol. The van der Waals surface area contributed by atoms with E-state index in [1.807, 2.05) is 22.6 Å². The number of benzene rings is 1. The zero-order chi connectivity index (χ0) is 19.7. The van der Waals surface area contributed by atoms with Crippen molar-refractivity contribution >= 4 is 39.9 Å². The summed E-state index contributed by atoms with van der Waals surface area (Å²) in [7, 11) is 0. The minimum absolute atomic E-state index is 0.0289. The average Bonchev–Trinajstić information content (AvgIpc) is 2.68. The molecule has 1 atom stereocenters. The lowest BCUT2D eigenvalue weighted by molar-refractivity contribution is -0.108. The van der Waals surface area contributed by atoms with Crippen LogP contribution in [0.15, 0.2) is 36.7 Å². The molecule has 1 amide bonds. The molecule has 3 N–H and O–H groups in total. The molecule has 3 heterocycles. The Morgan fingerprint density at radius 3 is 2.86 bits per heavy atom. The van der Waals surface area contributed by atoms with E-state index in [2.05, 4.69) is 15.6 Å². The highest BCUT2D eigenvalue weighted by atomic mass is 127. The van der Waals surface area contributed by atoms with Gasteiger partial charge < -0.3 is 20.6 Å². The second-order valence-corrected chi connectivity index (χ2v) is 8.68. The van der Waals surface area contributed by atoms with Crippen LogP contribution in [0.4, 0.5) is 15.8 Å². The predicted molar refractivity (Wildman–Crippen MR) is 113 cm³/mol. The number of hydrogen-bond acceptors (Lipinski definition) is 5. The van der Waals surface area contributed by atoms with E-state index in [0.29, 0.717) is 24.3 Å². The third kappa shape index (κ3) is 3.85. The number of nitrogens with one attached hydrogen (secondary N) is 2. The van der Waals surface area contributed by atoms with Gasteiger partial charge in [-0.15, -0.1) is 0 Å². The van der Waals surface area contributed by atoms with Gasteiger partial charge in [-0.1, -0.05) is 6.42 Å². The Morgan fingerprint density at radius 2 is 2.14 bits per heavy atom. The second-order valence-electron chi connectivity index (χ2n) is 7.44. The van der Waals surface area contributed by atoms with Gasteiger partial charge in [0, 0.05) is 15.8 Å². The largest absolute Gasteiger partial charge is 0.385 e. The van der Waals surface area contributed by atoms with E-state index >= 15 is 0 Å². The number of nitrogens with zero attached hydrogens (tertiary/aromatic N) is 2. The number of aromatic nitrogens is 1. The van der Waals surface area contributed by atoms with Crippen molar-refractivity contribution in [3.8, 4) is 0 Å². The molecule has 0 aliphatic carbocycles. The van der Waals surface area contributed by atoms with Gasteiger partial charge in [-0.25, -0.2) is 4.39 Å². The first-order chi connectivity index (χ1) is 13.5. The lowest BCUT2D eigenvalue weighted by Gasteiger charge is -2.51. The molecule has 0 radical (unpaired) electrons. The number of piperidine rings is 1. The van der Waals surface area contributed by atoms with Crippen molar-refractivity contribution in [2.24, 2.45) is 0 Å². The molecule has 4 rings (SSSR count). The molecule has 2 fully saturated rings. The number of likely N-dealkylation sites (tertiary alicyclic amines) is 1. The van der Waals surface area contributed by atoms with Crippen LogP contribution in [0.5, 0.6) is 0 Å². The molecule has 1 aromatic carbocycles. The molecule has 28 heavy (non-hydrogen) atoms. The fourth-order valence-electron chi connectivity index (χ4n) is 3.88. The molecule has 148 valence electrons. The maximum Gasteiger partial charge on any atom is 0.256 e. The van der Waals surface area contributed by atoms with Crippen LogP contribution >= 0.6 is 22.6 Å². The molecule has 8 heteroatoms. The Bertz CT molecular complexity index is 882. The van der Waals surface area contributed by atoms with Crippen molar-refractivity contribution in [3.05, 3.63) is 51.6 Å². The van der Waals surface area contributed by atoms with Crippen LogP contribution in [-0.2, 0) is 0 Å². The number of anilines is 2. The van der Waals surface area contributed by atoms with Crippen LogP contribution in [0, 0.1) is 9.39 Å². The maximum absolute atomic E-state index is 14.2. The molecule has 2 aliphatic rings. The standard InChI is InChI=1S/C20H22FIN4O2/c21-15-9-13(22)4-5-16(15)25-17-10-23-8-6-14(17)19(27)26-11-20(28,12-26)18-3-1-2-7-24-18/h4-6,8-10,18,24-25,28H,1-3,7,11-12H2/t18-/m0/s1. The molecule has 0 spiro atoms. The Labute approximate surface area is 176 Å². The smallest absolute Gasteiger partial charge is 0.256 e. The highest BCUT2D eigenvalue weighted by Gasteiger charge is 2.49. The number of carbonyl (C=O) groups is 1. The lowest BCUT2D eigenvalue weighted by Crippen LogP contribution is -2.72. The number of pyridine rings is 1. The number of β-amino-alcohol motifs (C(OH)–C–C–N with tert-alkyl or cyclic N) is 1. The van der Waals surface area contributed by atoms with Crippen LogP contribution < -0.4 is 10.6 Å². The zero-order valence-corrected chi connectivity index (χ0v) is 17.4. The molecule has 0 unspecified atom stereocenters. The van der Waals surface area contributed by atoms with E-state index in [1.165, 1.54) is 18.5 Å². The van der Waals surface area contributed by atoms with Gasteiger partial charge >= 0.3 is 0 Å². The first kappa shape index (κ1) is 19.5. The summed E-state index contributed by atoms with van der Waals surface area (Å²) in [5.74, 6) is -0.591. The molecule has 6 nitrogen and oxygen atoms in total. The Hall–Kier alpha value is -1.78. The van der Waals surface area contributed by atoms with Gasteiger partial charge in [-0.2, -0.15) is 0 Å². The number of hydrogen-bond donors (Lipinski definition) is 3. The summed E-state index contributed by atoms with van der Waals surface area (Å²) in [4.78, 5) is 18.7. The van der Waals surface area contributed by atoms with Crippen LogP contribution in [-0.4, -0.2) is 52.2 Å². The SMILES string of the molecule is O=C(c1ccncc1Nc1ccc(I)cc1F)N1CC(O)([C@@H]2CCCCN2)C1. The Kier molecular flexibility index (Phi) is 5.52. The Morgan fingerprint density at radius 1 is 1.32 bits per heavy atom. The van der Waals surface area contributed by atoms with E-state index in [-0.39, 0.29) is 17.6 Å². The summed E-state index contributed by atoms with van der Waals surface area (Å²) in [5.41, 5.74) is 0.262. The minimum Gasteiger partial charge on any atom is -0.385 e. The van der Waals surface area contributed by atoms with Gasteiger partial charge in [0.05, 0.1) is 36.2 Å². The van der Waals surface area contributed by atoms with E-state index in [4.69, 9.17) is 0 Å². The van der Waals surface area contributed by atoms with Crippen LogP contribution in [0.3, 0.4) is 0 Å². The monoisotopic (exact) mass is 496 g/mol. The maximum atomic E-state index is 14.2. The fourth-order valence-corrected chi connectivity index (χ4v) is 4.33. The zero-order valence-electron chi connectivity index (χ0n) is 15.3.